The molecule has 0 spiro atoms. The normalized spacial score (nSPS) is 12.2. The second kappa shape index (κ2) is 11.5. The Morgan fingerprint density at radius 1 is 1.12 bits per heavy atom. The van der Waals surface area contributed by atoms with Crippen LogP contribution in [-0.4, -0.2) is 57.1 Å². The smallest absolute Gasteiger partial charge is 0.244 e. The summed E-state index contributed by atoms with van der Waals surface area (Å²) in [6.07, 6.45) is 0.931. The summed E-state index contributed by atoms with van der Waals surface area (Å²) >= 11 is 5.82. The minimum absolute atomic E-state index is 0.0333. The van der Waals surface area contributed by atoms with Crippen LogP contribution in [0.5, 0.6) is 5.75 Å². The van der Waals surface area contributed by atoms with Gasteiger partial charge in [-0.15, -0.1) is 0 Å². The molecule has 0 aliphatic rings. The molecule has 0 unspecified atom stereocenters. The third kappa shape index (κ3) is 7.33. The summed E-state index contributed by atoms with van der Waals surface area (Å²) in [5.74, 6) is -1.09. The molecule has 2 amide bonds. The number of hydrogen-bond donors (Lipinski definition) is 1. The van der Waals surface area contributed by atoms with Gasteiger partial charge >= 0.3 is 0 Å². The number of rotatable bonds is 10. The summed E-state index contributed by atoms with van der Waals surface area (Å²) in [5, 5.41) is 2.49. The van der Waals surface area contributed by atoms with E-state index in [0.29, 0.717) is 11.3 Å². The van der Waals surface area contributed by atoms with Crippen LogP contribution in [0.3, 0.4) is 0 Å². The molecular formula is C23H29ClFN3O5S. The monoisotopic (exact) mass is 513 g/mol. The molecule has 2 aromatic rings. The summed E-state index contributed by atoms with van der Waals surface area (Å²) in [5.41, 5.74) is 0.750. The van der Waals surface area contributed by atoms with Crippen LogP contribution in [0, 0.1) is 5.82 Å². The fraction of sp³-hybridized carbons (Fsp3) is 0.391. The molecule has 2 rings (SSSR count). The van der Waals surface area contributed by atoms with Crippen molar-refractivity contribution in [2.24, 2.45) is 0 Å². The van der Waals surface area contributed by atoms with Crippen LogP contribution in [0.25, 0.3) is 0 Å². The van der Waals surface area contributed by atoms with Gasteiger partial charge in [0.05, 0.1) is 24.1 Å². The number of carbonyl (C=O) groups is 2. The van der Waals surface area contributed by atoms with Crippen molar-refractivity contribution in [3.8, 4) is 5.75 Å². The van der Waals surface area contributed by atoms with Crippen molar-refractivity contribution >= 4 is 39.1 Å². The van der Waals surface area contributed by atoms with E-state index in [4.69, 9.17) is 16.3 Å². The van der Waals surface area contributed by atoms with Crippen molar-refractivity contribution in [3.63, 3.8) is 0 Å². The van der Waals surface area contributed by atoms with E-state index in [2.05, 4.69) is 5.32 Å². The molecular weight excluding hydrogens is 485 g/mol. The average molecular weight is 514 g/mol. The first-order chi connectivity index (χ1) is 15.8. The first-order valence-corrected chi connectivity index (χ1v) is 12.7. The fourth-order valence-corrected chi connectivity index (χ4v) is 4.19. The summed E-state index contributed by atoms with van der Waals surface area (Å²) in [6.45, 7) is 4.61. The second-order valence-electron chi connectivity index (χ2n) is 8.08. The van der Waals surface area contributed by atoms with Gasteiger partial charge in [0.15, 0.2) is 0 Å². The number of nitrogens with zero attached hydrogens (tertiary/aromatic N) is 2. The minimum atomic E-state index is -3.94. The fourth-order valence-electron chi connectivity index (χ4n) is 3.17. The average Bonchev–Trinajstić information content (AvgIpc) is 2.76. The van der Waals surface area contributed by atoms with Crippen LogP contribution in [-0.2, 0) is 26.2 Å². The minimum Gasteiger partial charge on any atom is -0.497 e. The number of nitrogens with one attached hydrogen (secondary N) is 1. The van der Waals surface area contributed by atoms with Gasteiger partial charge in [0.2, 0.25) is 21.8 Å². The molecule has 0 aliphatic carbocycles. The maximum Gasteiger partial charge on any atom is 0.244 e. The van der Waals surface area contributed by atoms with E-state index in [0.717, 1.165) is 22.7 Å². The molecule has 0 fully saturated rings. The topological polar surface area (TPSA) is 96.0 Å². The highest BCUT2D eigenvalue weighted by Crippen LogP contribution is 2.25. The zero-order valence-corrected chi connectivity index (χ0v) is 21.3. The van der Waals surface area contributed by atoms with Crippen molar-refractivity contribution in [2.45, 2.75) is 39.4 Å². The van der Waals surface area contributed by atoms with Gasteiger partial charge < -0.3 is 15.0 Å². The zero-order valence-electron chi connectivity index (χ0n) is 19.7. The number of benzene rings is 2. The molecule has 2 aromatic carbocycles. The third-order valence-corrected chi connectivity index (χ3v) is 6.41. The van der Waals surface area contributed by atoms with E-state index >= 15 is 0 Å². The Morgan fingerprint density at radius 2 is 1.74 bits per heavy atom. The predicted molar refractivity (Wildman–Crippen MR) is 130 cm³/mol. The van der Waals surface area contributed by atoms with Gasteiger partial charge in [-0.05, 0) is 56.7 Å². The lowest BCUT2D eigenvalue weighted by molar-refractivity contribution is -0.139. The molecule has 0 heterocycles. The zero-order chi connectivity index (χ0) is 25.6. The van der Waals surface area contributed by atoms with Crippen LogP contribution in [0.2, 0.25) is 5.02 Å². The van der Waals surface area contributed by atoms with Crippen molar-refractivity contribution in [3.05, 3.63) is 58.9 Å². The van der Waals surface area contributed by atoms with Gasteiger partial charge in [-0.2, -0.15) is 0 Å². The first-order valence-electron chi connectivity index (χ1n) is 10.5. The maximum atomic E-state index is 13.6. The van der Waals surface area contributed by atoms with Crippen LogP contribution in [0.15, 0.2) is 42.5 Å². The molecule has 0 aromatic heterocycles. The standard InChI is InChI=1S/C23H29ClFN3O5S/c1-15(2)26-23(30)16(3)27(13-17-6-9-19(33-4)10-7-17)22(29)14-28(34(5,31)32)18-8-11-21(25)20(24)12-18/h6-12,15-16H,13-14H2,1-5H3,(H,26,30)/t16-/m0/s1. The molecule has 0 aliphatic heterocycles. The number of anilines is 1. The number of sulfonamides is 1. The van der Waals surface area contributed by atoms with E-state index in [1.54, 1.807) is 45.0 Å². The maximum absolute atomic E-state index is 13.6. The molecule has 11 heteroatoms. The SMILES string of the molecule is COc1ccc(CN(C(=O)CN(c2ccc(F)c(Cl)c2)S(C)(=O)=O)[C@@H](C)C(=O)NC(C)C)cc1. The Labute approximate surface area is 204 Å². The molecule has 1 atom stereocenters. The lowest BCUT2D eigenvalue weighted by Gasteiger charge is -2.32. The van der Waals surface area contributed by atoms with Crippen LogP contribution < -0.4 is 14.4 Å². The Kier molecular flexibility index (Phi) is 9.29. The van der Waals surface area contributed by atoms with Gasteiger partial charge in [0.1, 0.15) is 24.2 Å². The van der Waals surface area contributed by atoms with Crippen LogP contribution in [0.1, 0.15) is 26.3 Å². The number of hydrogen-bond acceptors (Lipinski definition) is 5. The Morgan fingerprint density at radius 3 is 2.24 bits per heavy atom. The van der Waals surface area contributed by atoms with Gasteiger partial charge in [-0.3, -0.25) is 13.9 Å². The molecule has 186 valence electrons. The highest BCUT2D eigenvalue weighted by Gasteiger charge is 2.30. The first kappa shape index (κ1) is 27.4. The lowest BCUT2D eigenvalue weighted by atomic mass is 10.1. The van der Waals surface area contributed by atoms with Crippen LogP contribution in [0.4, 0.5) is 10.1 Å². The van der Waals surface area contributed by atoms with E-state index in [1.165, 1.54) is 18.1 Å². The highest BCUT2D eigenvalue weighted by molar-refractivity contribution is 7.92. The van der Waals surface area contributed by atoms with Crippen molar-refractivity contribution in [1.29, 1.82) is 0 Å². The van der Waals surface area contributed by atoms with Crippen molar-refractivity contribution < 1.29 is 27.1 Å². The molecule has 8 nitrogen and oxygen atoms in total. The molecule has 0 saturated heterocycles. The number of amides is 2. The molecule has 0 saturated carbocycles. The molecule has 0 bridgehead atoms. The van der Waals surface area contributed by atoms with Gasteiger partial charge in [-0.1, -0.05) is 23.7 Å². The van der Waals surface area contributed by atoms with E-state index in [9.17, 15) is 22.4 Å². The van der Waals surface area contributed by atoms with E-state index in [-0.39, 0.29) is 29.2 Å². The predicted octanol–water partition coefficient (Wildman–Crippen LogP) is 3.20. The number of methoxy groups -OCH3 is 1. The highest BCUT2D eigenvalue weighted by atomic mass is 35.5. The summed E-state index contributed by atoms with van der Waals surface area (Å²) < 4.78 is 44.6. The molecule has 0 radical (unpaired) electrons. The van der Waals surface area contributed by atoms with Gasteiger partial charge in [-0.25, -0.2) is 12.8 Å². The number of carbonyl (C=O) groups excluding carboxylic acids is 2. The number of halogens is 2. The number of ether oxygens (including phenoxy) is 1. The second-order valence-corrected chi connectivity index (χ2v) is 10.4. The molecule has 34 heavy (non-hydrogen) atoms. The van der Waals surface area contributed by atoms with Gasteiger partial charge in [0.25, 0.3) is 0 Å². The molecule has 1 N–H and O–H groups in total. The summed E-state index contributed by atoms with van der Waals surface area (Å²) in [7, 11) is -2.40. The largest absolute Gasteiger partial charge is 0.497 e. The summed E-state index contributed by atoms with van der Waals surface area (Å²) in [4.78, 5) is 27.4. The van der Waals surface area contributed by atoms with Crippen LogP contribution >= 0.6 is 11.6 Å². The van der Waals surface area contributed by atoms with E-state index < -0.39 is 34.3 Å². The Hall–Kier alpha value is -2.85. The van der Waals surface area contributed by atoms with Gasteiger partial charge in [0, 0.05) is 12.6 Å². The van der Waals surface area contributed by atoms with E-state index in [1.807, 2.05) is 0 Å². The quantitative estimate of drug-likeness (QED) is 0.526. The van der Waals surface area contributed by atoms with Crippen molar-refractivity contribution in [2.75, 3.05) is 24.2 Å². The third-order valence-electron chi connectivity index (χ3n) is 4.98. The van der Waals surface area contributed by atoms with Crippen molar-refractivity contribution in [1.82, 2.24) is 10.2 Å². The summed E-state index contributed by atoms with van der Waals surface area (Å²) in [6, 6.07) is 9.28. The Balaban J connectivity index is 2.40. The Bertz CT molecular complexity index is 1130. The lowest BCUT2D eigenvalue weighted by Crippen LogP contribution is -2.52.